The third-order valence-electron chi connectivity index (χ3n) is 2.40. The van der Waals surface area contributed by atoms with Gasteiger partial charge in [-0.2, -0.15) is 14.7 Å². The van der Waals surface area contributed by atoms with E-state index < -0.39 is 23.7 Å². The molecule has 2 saturated heterocycles. The Hall–Kier alpha value is -0.240. The summed E-state index contributed by atoms with van der Waals surface area (Å²) >= 11 is 0. The molecule has 0 aromatic rings. The smallest absolute Gasteiger partial charge is 0.258 e. The van der Waals surface area contributed by atoms with E-state index in [1.54, 1.807) is 34.6 Å². The summed E-state index contributed by atoms with van der Waals surface area (Å²) in [5, 5.41) is 0. The quantitative estimate of drug-likeness (QED) is 0.623. The molecule has 2 aliphatic rings. The zero-order chi connectivity index (χ0) is 11.3. The van der Waals surface area contributed by atoms with Crippen LogP contribution in [0.25, 0.3) is 0 Å². The lowest BCUT2D eigenvalue weighted by Gasteiger charge is -2.33. The Morgan fingerprint density at radius 1 is 0.867 bits per heavy atom. The Balaban J connectivity index is 2.17. The molecule has 2 rings (SSSR count). The van der Waals surface area contributed by atoms with Crippen molar-refractivity contribution in [3.8, 4) is 0 Å². The maximum atomic E-state index is 5.60. The van der Waals surface area contributed by atoms with E-state index in [-0.39, 0.29) is 0 Å². The van der Waals surface area contributed by atoms with Gasteiger partial charge in [0.05, 0.1) is 0 Å². The lowest BCUT2D eigenvalue weighted by Crippen LogP contribution is -2.53. The summed E-state index contributed by atoms with van der Waals surface area (Å²) in [4.78, 5) is 20.1. The highest BCUT2D eigenvalue weighted by Crippen LogP contribution is 2.44. The van der Waals surface area contributed by atoms with Crippen LogP contribution in [0.3, 0.4) is 0 Å². The third kappa shape index (κ3) is 1.77. The second kappa shape index (κ2) is 3.13. The van der Waals surface area contributed by atoms with Crippen LogP contribution in [0, 0.1) is 0 Å². The summed E-state index contributed by atoms with van der Waals surface area (Å²) < 4.78 is 11.1. The fraction of sp³-hybridized carbons (Fsp3) is 1.00. The number of hydrogen-bond donors (Lipinski definition) is 0. The first kappa shape index (κ1) is 11.3. The van der Waals surface area contributed by atoms with Crippen molar-refractivity contribution in [2.45, 2.75) is 58.3 Å². The van der Waals surface area contributed by atoms with Crippen molar-refractivity contribution < 1.29 is 29.0 Å². The molecule has 0 saturated carbocycles. The van der Waals surface area contributed by atoms with Crippen molar-refractivity contribution in [3.63, 3.8) is 0 Å². The minimum absolute atomic E-state index is 0.470. The van der Waals surface area contributed by atoms with Gasteiger partial charge in [-0.15, -0.1) is 0 Å². The molecule has 3 atom stereocenters. The van der Waals surface area contributed by atoms with Crippen molar-refractivity contribution in [1.82, 2.24) is 0 Å². The first-order valence-electron chi connectivity index (χ1n) is 4.86. The fourth-order valence-corrected chi connectivity index (χ4v) is 1.55. The summed E-state index contributed by atoms with van der Waals surface area (Å²) in [6, 6.07) is 0. The predicted molar refractivity (Wildman–Crippen MR) is 46.9 cm³/mol. The maximum absolute atomic E-state index is 5.60. The van der Waals surface area contributed by atoms with Crippen molar-refractivity contribution in [2.75, 3.05) is 0 Å². The monoisotopic (exact) mass is 220 g/mol. The Morgan fingerprint density at radius 2 is 1.53 bits per heavy atom. The van der Waals surface area contributed by atoms with Gasteiger partial charge < -0.3 is 9.47 Å². The first-order chi connectivity index (χ1) is 6.77. The van der Waals surface area contributed by atoms with E-state index in [9.17, 15) is 0 Å². The van der Waals surface area contributed by atoms with Gasteiger partial charge in [0.15, 0.2) is 12.1 Å². The van der Waals surface area contributed by atoms with Crippen molar-refractivity contribution in [2.24, 2.45) is 0 Å². The zero-order valence-electron chi connectivity index (χ0n) is 9.53. The molecule has 0 bridgehead atoms. The van der Waals surface area contributed by atoms with Gasteiger partial charge in [0.1, 0.15) is 0 Å². The second-order valence-electron chi connectivity index (χ2n) is 4.43. The van der Waals surface area contributed by atoms with E-state index in [0.717, 1.165) is 0 Å². The van der Waals surface area contributed by atoms with Crippen LogP contribution in [0.5, 0.6) is 0 Å². The molecule has 88 valence electrons. The molecule has 0 aliphatic carbocycles. The summed E-state index contributed by atoms with van der Waals surface area (Å²) in [5.41, 5.74) is 0. The molecule has 0 spiro atoms. The first-order valence-corrected chi connectivity index (χ1v) is 4.86. The van der Waals surface area contributed by atoms with Crippen LogP contribution < -0.4 is 0 Å². The minimum Gasteiger partial charge on any atom is -0.311 e. The highest BCUT2D eigenvalue weighted by atomic mass is 17.3. The Labute approximate surface area is 88.2 Å². The molecule has 3 unspecified atom stereocenters. The summed E-state index contributed by atoms with van der Waals surface area (Å²) in [5.74, 6) is -3.16. The topological polar surface area (TPSA) is 55.4 Å². The largest absolute Gasteiger partial charge is 0.311 e. The molecule has 0 radical (unpaired) electrons. The van der Waals surface area contributed by atoms with Gasteiger partial charge in [0, 0.05) is 0 Å². The molecule has 0 amide bonds. The lowest BCUT2D eigenvalue weighted by molar-refractivity contribution is -0.436. The molecule has 2 fully saturated rings. The highest BCUT2D eigenvalue weighted by molar-refractivity contribution is 4.85. The van der Waals surface area contributed by atoms with Gasteiger partial charge in [0.2, 0.25) is 0 Å². The summed E-state index contributed by atoms with van der Waals surface area (Å²) in [7, 11) is 0. The summed E-state index contributed by atoms with van der Waals surface area (Å²) in [6.45, 7) is 8.53. The van der Waals surface area contributed by atoms with Gasteiger partial charge in [-0.05, 0) is 34.6 Å². The number of ether oxygens (including phenoxy) is 2. The average molecular weight is 220 g/mol. The van der Waals surface area contributed by atoms with Crippen molar-refractivity contribution >= 4 is 0 Å². The zero-order valence-corrected chi connectivity index (χ0v) is 9.53. The highest BCUT2D eigenvalue weighted by Gasteiger charge is 2.62. The van der Waals surface area contributed by atoms with Crippen LogP contribution >= 0.6 is 0 Å². The Bertz CT molecular complexity index is 267. The molecular formula is C9H16O6. The number of rotatable bonds is 1. The maximum Gasteiger partial charge on any atom is 0.258 e. The molecule has 6 nitrogen and oxygen atoms in total. The Kier molecular flexibility index (Phi) is 2.35. The molecule has 0 N–H and O–H groups in total. The van der Waals surface area contributed by atoms with Crippen LogP contribution in [0.15, 0.2) is 0 Å². The normalized spacial score (nSPS) is 49.8. The third-order valence-corrected chi connectivity index (χ3v) is 2.40. The summed E-state index contributed by atoms with van der Waals surface area (Å²) in [6.07, 6.45) is -0.470. The van der Waals surface area contributed by atoms with Crippen LogP contribution in [-0.2, 0) is 29.0 Å². The van der Waals surface area contributed by atoms with Gasteiger partial charge in [-0.1, -0.05) is 0 Å². The minimum atomic E-state index is -1.17. The van der Waals surface area contributed by atoms with E-state index in [1.807, 2.05) is 0 Å². The van der Waals surface area contributed by atoms with Crippen molar-refractivity contribution in [1.29, 1.82) is 0 Å². The van der Waals surface area contributed by atoms with E-state index >= 15 is 0 Å². The van der Waals surface area contributed by atoms with Crippen molar-refractivity contribution in [3.05, 3.63) is 0 Å². The van der Waals surface area contributed by atoms with Crippen LogP contribution in [0.1, 0.15) is 34.6 Å². The average Bonchev–Trinajstić information content (AvgIpc) is 2.56. The second-order valence-corrected chi connectivity index (χ2v) is 4.43. The molecule has 0 aromatic heterocycles. The van der Waals surface area contributed by atoms with E-state index in [0.29, 0.717) is 0 Å². The molecule has 2 aliphatic heterocycles. The van der Waals surface area contributed by atoms with E-state index in [1.165, 1.54) is 0 Å². The van der Waals surface area contributed by atoms with Gasteiger partial charge >= 0.3 is 0 Å². The standard InChI is InChI=1S/C9H16O6/c1-6-10-8(4,14-11-6)9(5)12-7(2,3)13-15-9/h6H,1-5H3. The molecular weight excluding hydrogens is 204 g/mol. The van der Waals surface area contributed by atoms with Crippen LogP contribution in [-0.4, -0.2) is 23.7 Å². The molecule has 0 aromatic carbocycles. The SMILES string of the molecule is CC1OOC(C)(C2(C)OOC(C)(C)O2)O1. The van der Waals surface area contributed by atoms with Gasteiger partial charge in [-0.25, -0.2) is 4.89 Å². The molecule has 6 heteroatoms. The Morgan fingerprint density at radius 3 is 1.93 bits per heavy atom. The van der Waals surface area contributed by atoms with E-state index in [2.05, 4.69) is 0 Å². The van der Waals surface area contributed by atoms with Crippen LogP contribution in [0.2, 0.25) is 0 Å². The molecule has 15 heavy (non-hydrogen) atoms. The van der Waals surface area contributed by atoms with Crippen LogP contribution in [0.4, 0.5) is 0 Å². The fourth-order valence-electron chi connectivity index (χ4n) is 1.55. The number of hydrogen-bond acceptors (Lipinski definition) is 6. The van der Waals surface area contributed by atoms with Gasteiger partial charge in [0.25, 0.3) is 11.6 Å². The predicted octanol–water partition coefficient (Wildman–Crippen LogP) is 1.46. The van der Waals surface area contributed by atoms with Gasteiger partial charge in [-0.3, -0.25) is 0 Å². The molecule has 2 heterocycles. The lowest BCUT2D eigenvalue weighted by atomic mass is 10.1. The van der Waals surface area contributed by atoms with E-state index in [4.69, 9.17) is 29.0 Å².